The van der Waals surface area contributed by atoms with Crippen molar-refractivity contribution in [2.24, 2.45) is 0 Å². The molecule has 4 rings (SSSR count). The molecule has 0 aliphatic rings. The van der Waals surface area contributed by atoms with Gasteiger partial charge in [0.05, 0.1) is 6.04 Å². The number of hydrogen-bond acceptors (Lipinski definition) is 5. The van der Waals surface area contributed by atoms with Gasteiger partial charge < -0.3 is 30.9 Å². The van der Waals surface area contributed by atoms with Gasteiger partial charge in [-0.15, -0.1) is 0 Å². The number of rotatable bonds is 12. The van der Waals surface area contributed by atoms with Gasteiger partial charge >= 0.3 is 5.97 Å². The van der Waals surface area contributed by atoms with Gasteiger partial charge in [-0.1, -0.05) is 66.7 Å². The molecule has 0 aliphatic heterocycles. The van der Waals surface area contributed by atoms with Crippen LogP contribution in [0.4, 0.5) is 0 Å². The molecule has 3 aromatic carbocycles. The first kappa shape index (κ1) is 27.6. The standard InChI is InChI=1S/C30H31N3O6/c34-27(32-25(29(36)37)18-22-19-31-24-14-8-7-13-23(22)24)15-16-30(38,39)26(17-20-9-3-1-4-10-20)33-28(35)21-11-5-2-6-12-21/h1-14,19,25-26,31,38-39H,15-18H2,(H,32,34)(H,33,35)(H,36,37)/t25-,26-/m0/s1. The van der Waals surface area contributed by atoms with Gasteiger partial charge in [0.15, 0.2) is 5.79 Å². The van der Waals surface area contributed by atoms with Gasteiger partial charge in [-0.25, -0.2) is 4.79 Å². The molecular formula is C30H31N3O6. The van der Waals surface area contributed by atoms with Crippen LogP contribution in [-0.4, -0.2) is 56.0 Å². The summed E-state index contributed by atoms with van der Waals surface area (Å²) in [6.45, 7) is 0. The Morgan fingerprint density at radius 2 is 1.46 bits per heavy atom. The Balaban J connectivity index is 1.42. The molecule has 2 atom stereocenters. The molecule has 0 radical (unpaired) electrons. The maximum atomic E-state index is 12.8. The van der Waals surface area contributed by atoms with Crippen LogP contribution < -0.4 is 10.6 Å². The Labute approximate surface area is 225 Å². The van der Waals surface area contributed by atoms with Crippen molar-refractivity contribution in [3.8, 4) is 0 Å². The second kappa shape index (κ2) is 12.4. The number of carboxylic acid groups (broad SMARTS) is 1. The summed E-state index contributed by atoms with van der Waals surface area (Å²) >= 11 is 0. The largest absolute Gasteiger partial charge is 0.480 e. The lowest BCUT2D eigenvalue weighted by molar-refractivity contribution is -0.187. The van der Waals surface area contributed by atoms with Crippen LogP contribution >= 0.6 is 0 Å². The number of hydrogen-bond donors (Lipinski definition) is 6. The van der Waals surface area contributed by atoms with E-state index in [2.05, 4.69) is 15.6 Å². The van der Waals surface area contributed by atoms with Gasteiger partial charge in [0, 0.05) is 41.9 Å². The molecule has 9 heteroatoms. The van der Waals surface area contributed by atoms with Crippen LogP contribution in [0, 0.1) is 0 Å². The van der Waals surface area contributed by atoms with Gasteiger partial charge in [-0.3, -0.25) is 9.59 Å². The van der Waals surface area contributed by atoms with E-state index in [1.807, 2.05) is 30.3 Å². The Kier molecular flexibility index (Phi) is 8.75. The number of aliphatic carboxylic acids is 1. The first-order valence-electron chi connectivity index (χ1n) is 12.6. The second-order valence-corrected chi connectivity index (χ2v) is 9.48. The van der Waals surface area contributed by atoms with Crippen molar-refractivity contribution in [1.82, 2.24) is 15.6 Å². The van der Waals surface area contributed by atoms with Gasteiger partial charge in [0.1, 0.15) is 6.04 Å². The Bertz CT molecular complexity index is 1420. The highest BCUT2D eigenvalue weighted by Gasteiger charge is 2.36. The van der Waals surface area contributed by atoms with E-state index >= 15 is 0 Å². The smallest absolute Gasteiger partial charge is 0.326 e. The molecule has 0 saturated carbocycles. The quantitative estimate of drug-likeness (QED) is 0.155. The third-order valence-corrected chi connectivity index (χ3v) is 6.63. The fraction of sp³-hybridized carbons (Fsp3) is 0.233. The summed E-state index contributed by atoms with van der Waals surface area (Å²) in [7, 11) is 0. The molecule has 6 N–H and O–H groups in total. The lowest BCUT2D eigenvalue weighted by atomic mass is 9.94. The van der Waals surface area contributed by atoms with E-state index in [1.54, 1.807) is 60.8 Å². The fourth-order valence-corrected chi connectivity index (χ4v) is 4.47. The third kappa shape index (κ3) is 7.31. The molecule has 39 heavy (non-hydrogen) atoms. The van der Waals surface area contributed by atoms with Gasteiger partial charge in [-0.05, 0) is 35.7 Å². The van der Waals surface area contributed by atoms with E-state index in [9.17, 15) is 29.7 Å². The number of carboxylic acids is 1. The zero-order valence-electron chi connectivity index (χ0n) is 21.2. The number of amides is 2. The predicted octanol–water partition coefficient (Wildman–Crippen LogP) is 2.78. The maximum Gasteiger partial charge on any atom is 0.326 e. The summed E-state index contributed by atoms with van der Waals surface area (Å²) in [6, 6.07) is 22.5. The predicted molar refractivity (Wildman–Crippen MR) is 146 cm³/mol. The van der Waals surface area contributed by atoms with Crippen LogP contribution in [-0.2, 0) is 22.4 Å². The Morgan fingerprint density at radius 1 is 0.821 bits per heavy atom. The Morgan fingerprint density at radius 3 is 2.15 bits per heavy atom. The van der Waals surface area contributed by atoms with Crippen molar-refractivity contribution in [1.29, 1.82) is 0 Å². The number of nitrogens with one attached hydrogen (secondary N) is 3. The molecule has 1 aromatic heterocycles. The summed E-state index contributed by atoms with van der Waals surface area (Å²) in [5.41, 5.74) is 2.71. The molecule has 202 valence electrons. The molecular weight excluding hydrogens is 498 g/mol. The molecule has 0 aliphatic carbocycles. The Hall–Kier alpha value is -4.47. The fourth-order valence-electron chi connectivity index (χ4n) is 4.47. The minimum atomic E-state index is -2.45. The zero-order valence-corrected chi connectivity index (χ0v) is 21.2. The van der Waals surface area contributed by atoms with Crippen molar-refractivity contribution in [2.75, 3.05) is 0 Å². The number of fused-ring (bicyclic) bond motifs is 1. The summed E-state index contributed by atoms with van der Waals surface area (Å²) in [5.74, 6) is -4.79. The molecule has 9 nitrogen and oxygen atoms in total. The number of aliphatic hydroxyl groups is 2. The number of carbonyl (C=O) groups excluding carboxylic acids is 2. The lowest BCUT2D eigenvalue weighted by Gasteiger charge is -2.32. The first-order chi connectivity index (χ1) is 18.7. The summed E-state index contributed by atoms with van der Waals surface area (Å²) < 4.78 is 0. The van der Waals surface area contributed by atoms with Crippen molar-refractivity contribution < 1.29 is 29.7 Å². The van der Waals surface area contributed by atoms with Crippen molar-refractivity contribution in [3.05, 3.63) is 108 Å². The van der Waals surface area contributed by atoms with Crippen molar-refractivity contribution in [3.63, 3.8) is 0 Å². The van der Waals surface area contributed by atoms with Crippen LogP contribution in [0.15, 0.2) is 91.1 Å². The van der Waals surface area contributed by atoms with Crippen molar-refractivity contribution >= 4 is 28.7 Å². The monoisotopic (exact) mass is 529 g/mol. The summed E-state index contributed by atoms with van der Waals surface area (Å²) in [5, 5.41) is 37.7. The molecule has 2 amide bonds. The minimum Gasteiger partial charge on any atom is -0.480 e. The average Bonchev–Trinajstić information content (AvgIpc) is 3.35. The van der Waals surface area contributed by atoms with E-state index in [1.165, 1.54) is 0 Å². The number of benzene rings is 3. The maximum absolute atomic E-state index is 12.8. The molecule has 0 bridgehead atoms. The molecule has 4 aromatic rings. The zero-order chi connectivity index (χ0) is 27.8. The summed E-state index contributed by atoms with van der Waals surface area (Å²) in [6.07, 6.45) is 1.08. The highest BCUT2D eigenvalue weighted by atomic mass is 16.5. The van der Waals surface area contributed by atoms with Crippen LogP contribution in [0.2, 0.25) is 0 Å². The number of aromatic nitrogens is 1. The number of H-pyrrole nitrogens is 1. The van der Waals surface area contributed by atoms with E-state index in [-0.39, 0.29) is 19.3 Å². The van der Waals surface area contributed by atoms with Crippen LogP contribution in [0.5, 0.6) is 0 Å². The highest BCUT2D eigenvalue weighted by molar-refractivity contribution is 5.94. The number of carbonyl (C=O) groups is 3. The summed E-state index contributed by atoms with van der Waals surface area (Å²) in [4.78, 5) is 40.5. The third-order valence-electron chi connectivity index (χ3n) is 6.63. The van der Waals surface area contributed by atoms with Gasteiger partial charge in [-0.2, -0.15) is 0 Å². The van der Waals surface area contributed by atoms with Crippen molar-refractivity contribution in [2.45, 2.75) is 43.6 Å². The topological polar surface area (TPSA) is 152 Å². The van der Waals surface area contributed by atoms with E-state index in [0.29, 0.717) is 5.56 Å². The first-order valence-corrected chi connectivity index (χ1v) is 12.6. The van der Waals surface area contributed by atoms with Crippen LogP contribution in [0.25, 0.3) is 10.9 Å². The van der Waals surface area contributed by atoms with Gasteiger partial charge in [0.2, 0.25) is 5.91 Å². The van der Waals surface area contributed by atoms with Crippen LogP contribution in [0.1, 0.15) is 34.3 Å². The highest BCUT2D eigenvalue weighted by Crippen LogP contribution is 2.21. The molecule has 0 fully saturated rings. The van der Waals surface area contributed by atoms with Crippen LogP contribution in [0.3, 0.4) is 0 Å². The lowest BCUT2D eigenvalue weighted by Crippen LogP contribution is -2.54. The second-order valence-electron chi connectivity index (χ2n) is 9.48. The number of aromatic amines is 1. The van der Waals surface area contributed by atoms with E-state index in [0.717, 1.165) is 22.0 Å². The van der Waals surface area contributed by atoms with E-state index < -0.39 is 42.1 Å². The molecule has 1 heterocycles. The van der Waals surface area contributed by atoms with E-state index in [4.69, 9.17) is 0 Å². The average molecular weight is 530 g/mol. The normalized spacial score (nSPS) is 13.0. The van der Waals surface area contributed by atoms with Gasteiger partial charge in [0.25, 0.3) is 5.91 Å². The molecule has 0 unspecified atom stereocenters. The molecule has 0 saturated heterocycles. The molecule has 0 spiro atoms. The number of para-hydroxylation sites is 1. The SMILES string of the molecule is O=C(CCC(O)(O)[C@H](Cc1ccccc1)NC(=O)c1ccccc1)N[C@@H](Cc1c[nH]c2ccccc12)C(=O)O. The minimum absolute atomic E-state index is 0.0538.